The summed E-state index contributed by atoms with van der Waals surface area (Å²) >= 11 is 0. The van der Waals surface area contributed by atoms with E-state index in [2.05, 4.69) is 11.9 Å². The number of nitrogens with zero attached hydrogens (tertiary/aromatic N) is 1. The molecule has 0 bridgehead atoms. The number of hydrogen-bond acceptors (Lipinski definition) is 2. The first-order chi connectivity index (χ1) is 7.78. The van der Waals surface area contributed by atoms with Gasteiger partial charge in [0.25, 0.3) is 0 Å². The summed E-state index contributed by atoms with van der Waals surface area (Å²) in [6, 6.07) is -0.0743. The van der Waals surface area contributed by atoms with E-state index in [1.165, 1.54) is 0 Å². The van der Waals surface area contributed by atoms with E-state index in [0.717, 1.165) is 18.4 Å². The molecule has 0 heterocycles. The van der Waals surface area contributed by atoms with Crippen LogP contribution in [-0.2, 0) is 0 Å². The van der Waals surface area contributed by atoms with Gasteiger partial charge in [0.15, 0.2) is 0 Å². The second kappa shape index (κ2) is 7.33. The summed E-state index contributed by atoms with van der Waals surface area (Å²) in [5.41, 5.74) is 0.901. The summed E-state index contributed by atoms with van der Waals surface area (Å²) in [6.07, 6.45) is 1.77. The van der Waals surface area contributed by atoms with Crippen LogP contribution in [-0.4, -0.2) is 42.8 Å². The van der Waals surface area contributed by atoms with Crippen molar-refractivity contribution in [3.8, 4) is 0 Å². The second-order valence-corrected chi connectivity index (χ2v) is 5.47. The van der Waals surface area contributed by atoms with Crippen molar-refractivity contribution in [2.45, 2.75) is 33.6 Å². The van der Waals surface area contributed by atoms with E-state index < -0.39 is 0 Å². The fourth-order valence-electron chi connectivity index (χ4n) is 1.45. The standard InChI is InChI=1S/C13H26N2O2/c1-11(2)9-15(5)12(17)14-8-6-7-13(3,4)10-16/h16H,1,6-10H2,2-5H3,(H,14,17). The van der Waals surface area contributed by atoms with Gasteiger partial charge in [-0.25, -0.2) is 4.79 Å². The molecule has 4 nitrogen and oxygen atoms in total. The highest BCUT2D eigenvalue weighted by atomic mass is 16.3. The molecule has 0 aromatic heterocycles. The highest BCUT2D eigenvalue weighted by Crippen LogP contribution is 2.20. The van der Waals surface area contributed by atoms with Crippen LogP contribution in [0.4, 0.5) is 4.79 Å². The van der Waals surface area contributed by atoms with Gasteiger partial charge in [-0.05, 0) is 25.2 Å². The van der Waals surface area contributed by atoms with Crippen LogP contribution in [0, 0.1) is 5.41 Å². The Morgan fingerprint density at radius 3 is 2.53 bits per heavy atom. The van der Waals surface area contributed by atoms with Crippen molar-refractivity contribution in [3.63, 3.8) is 0 Å². The van der Waals surface area contributed by atoms with Crippen LogP contribution >= 0.6 is 0 Å². The zero-order chi connectivity index (χ0) is 13.5. The molecule has 17 heavy (non-hydrogen) atoms. The molecular formula is C13H26N2O2. The smallest absolute Gasteiger partial charge is 0.317 e. The molecule has 0 rings (SSSR count). The molecule has 100 valence electrons. The molecule has 0 saturated heterocycles. The van der Waals surface area contributed by atoms with Gasteiger partial charge < -0.3 is 15.3 Å². The van der Waals surface area contributed by atoms with E-state index in [0.29, 0.717) is 13.1 Å². The van der Waals surface area contributed by atoms with Crippen molar-refractivity contribution >= 4 is 6.03 Å². The Morgan fingerprint density at radius 1 is 1.47 bits per heavy atom. The van der Waals surface area contributed by atoms with E-state index in [-0.39, 0.29) is 18.1 Å². The number of rotatable bonds is 7. The van der Waals surface area contributed by atoms with E-state index in [1.54, 1.807) is 11.9 Å². The zero-order valence-corrected chi connectivity index (χ0v) is 11.5. The van der Waals surface area contributed by atoms with Crippen LogP contribution < -0.4 is 5.32 Å². The third kappa shape index (κ3) is 7.80. The average Bonchev–Trinajstić information content (AvgIpc) is 2.23. The number of amides is 2. The quantitative estimate of drug-likeness (QED) is 0.530. The fourth-order valence-corrected chi connectivity index (χ4v) is 1.45. The first-order valence-electron chi connectivity index (χ1n) is 6.03. The van der Waals surface area contributed by atoms with Crippen LogP contribution in [0.5, 0.6) is 0 Å². The van der Waals surface area contributed by atoms with Crippen LogP contribution in [0.2, 0.25) is 0 Å². The molecule has 2 N–H and O–H groups in total. The number of aliphatic hydroxyl groups excluding tert-OH is 1. The van der Waals surface area contributed by atoms with Crippen LogP contribution in [0.25, 0.3) is 0 Å². The molecular weight excluding hydrogens is 216 g/mol. The molecule has 0 radical (unpaired) electrons. The third-order valence-corrected chi connectivity index (χ3v) is 2.59. The summed E-state index contributed by atoms with van der Waals surface area (Å²) in [7, 11) is 1.75. The van der Waals surface area contributed by atoms with Gasteiger partial charge in [0.2, 0.25) is 0 Å². The van der Waals surface area contributed by atoms with E-state index >= 15 is 0 Å². The predicted octanol–water partition coefficient (Wildman–Crippen LogP) is 2.00. The van der Waals surface area contributed by atoms with Crippen molar-refractivity contribution < 1.29 is 9.90 Å². The molecule has 0 aliphatic rings. The second-order valence-electron chi connectivity index (χ2n) is 5.47. The minimum atomic E-state index is -0.0743. The highest BCUT2D eigenvalue weighted by Gasteiger charge is 2.15. The molecule has 4 heteroatoms. The monoisotopic (exact) mass is 242 g/mol. The first-order valence-corrected chi connectivity index (χ1v) is 6.03. The Labute approximate surface area is 105 Å². The number of urea groups is 1. The van der Waals surface area contributed by atoms with Crippen LogP contribution in [0.3, 0.4) is 0 Å². The van der Waals surface area contributed by atoms with Crippen LogP contribution in [0.15, 0.2) is 12.2 Å². The van der Waals surface area contributed by atoms with E-state index in [9.17, 15) is 4.79 Å². The maximum absolute atomic E-state index is 11.6. The maximum atomic E-state index is 11.6. The summed E-state index contributed by atoms with van der Waals surface area (Å²) < 4.78 is 0. The third-order valence-electron chi connectivity index (χ3n) is 2.59. The largest absolute Gasteiger partial charge is 0.396 e. The van der Waals surface area contributed by atoms with Crippen molar-refractivity contribution in [3.05, 3.63) is 12.2 Å². The molecule has 0 fully saturated rings. The summed E-state index contributed by atoms with van der Waals surface area (Å²) in [5.74, 6) is 0. The minimum Gasteiger partial charge on any atom is -0.396 e. The van der Waals surface area contributed by atoms with Crippen LogP contribution in [0.1, 0.15) is 33.6 Å². The van der Waals surface area contributed by atoms with E-state index in [4.69, 9.17) is 5.11 Å². The molecule has 0 aliphatic carbocycles. The molecule has 0 aromatic carbocycles. The van der Waals surface area contributed by atoms with Gasteiger partial charge in [0, 0.05) is 26.7 Å². The van der Waals surface area contributed by atoms with Crippen molar-refractivity contribution in [1.82, 2.24) is 10.2 Å². The summed E-state index contributed by atoms with van der Waals surface area (Å²) in [6.45, 7) is 11.1. The number of carbonyl (C=O) groups is 1. The Kier molecular flexibility index (Phi) is 6.88. The lowest BCUT2D eigenvalue weighted by Gasteiger charge is -2.22. The Hall–Kier alpha value is -1.03. The van der Waals surface area contributed by atoms with Gasteiger partial charge in [-0.15, -0.1) is 0 Å². The highest BCUT2D eigenvalue weighted by molar-refractivity contribution is 5.74. The number of carbonyl (C=O) groups excluding carboxylic acids is 1. The zero-order valence-electron chi connectivity index (χ0n) is 11.5. The van der Waals surface area contributed by atoms with Crippen molar-refractivity contribution in [2.75, 3.05) is 26.7 Å². The van der Waals surface area contributed by atoms with Gasteiger partial charge in [0.05, 0.1) is 0 Å². The Bertz CT molecular complexity index is 262. The fraction of sp³-hybridized carbons (Fsp3) is 0.769. The number of nitrogens with one attached hydrogen (secondary N) is 1. The molecule has 0 aromatic rings. The molecule has 0 aliphatic heterocycles. The topological polar surface area (TPSA) is 52.6 Å². The lowest BCUT2D eigenvalue weighted by molar-refractivity contribution is 0.147. The number of likely N-dealkylation sites (N-methyl/N-ethyl adjacent to an activating group) is 1. The van der Waals surface area contributed by atoms with Gasteiger partial charge in [-0.2, -0.15) is 0 Å². The lowest BCUT2D eigenvalue weighted by Crippen LogP contribution is -2.38. The van der Waals surface area contributed by atoms with Gasteiger partial charge in [-0.3, -0.25) is 0 Å². The van der Waals surface area contributed by atoms with Gasteiger partial charge >= 0.3 is 6.03 Å². The number of hydrogen-bond donors (Lipinski definition) is 2. The Morgan fingerprint density at radius 2 is 2.06 bits per heavy atom. The van der Waals surface area contributed by atoms with Gasteiger partial charge in [-0.1, -0.05) is 26.0 Å². The molecule has 0 saturated carbocycles. The average molecular weight is 242 g/mol. The summed E-state index contributed by atoms with van der Waals surface area (Å²) in [5, 5.41) is 11.9. The summed E-state index contributed by atoms with van der Waals surface area (Å²) in [4.78, 5) is 13.2. The minimum absolute atomic E-state index is 0.0612. The molecule has 0 unspecified atom stereocenters. The van der Waals surface area contributed by atoms with Gasteiger partial charge in [0.1, 0.15) is 0 Å². The Balaban J connectivity index is 3.75. The van der Waals surface area contributed by atoms with Crippen molar-refractivity contribution in [2.24, 2.45) is 5.41 Å². The molecule has 2 amide bonds. The normalized spacial score (nSPS) is 11.1. The lowest BCUT2D eigenvalue weighted by atomic mass is 9.89. The number of aliphatic hydroxyl groups is 1. The molecule has 0 atom stereocenters. The maximum Gasteiger partial charge on any atom is 0.317 e. The first kappa shape index (κ1) is 16.0. The van der Waals surface area contributed by atoms with Crippen molar-refractivity contribution in [1.29, 1.82) is 0 Å². The SMILES string of the molecule is C=C(C)CN(C)C(=O)NCCCC(C)(C)CO. The molecule has 0 spiro atoms. The predicted molar refractivity (Wildman–Crippen MR) is 70.9 cm³/mol. The van der Waals surface area contributed by atoms with E-state index in [1.807, 2.05) is 20.8 Å².